The van der Waals surface area contributed by atoms with Crippen LogP contribution in [0.4, 0.5) is 10.5 Å². The molecule has 9 nitrogen and oxygen atoms in total. The average molecular weight is 422 g/mol. The van der Waals surface area contributed by atoms with Crippen LogP contribution in [0.25, 0.3) is 0 Å². The highest BCUT2D eigenvalue weighted by molar-refractivity contribution is 5.87. The number of carbonyl (C=O) groups excluding carboxylic acids is 3. The van der Waals surface area contributed by atoms with Crippen molar-refractivity contribution in [2.75, 3.05) is 18.9 Å². The molecule has 0 spiro atoms. The largest absolute Gasteiger partial charge is 0.445 e. The van der Waals surface area contributed by atoms with Crippen LogP contribution in [0.3, 0.4) is 0 Å². The number of unbranched alkanes of at least 4 members (excludes halogenated alkanes) is 2. The van der Waals surface area contributed by atoms with Crippen LogP contribution in [-0.4, -0.2) is 37.5 Å². The van der Waals surface area contributed by atoms with E-state index >= 15 is 0 Å². The van der Waals surface area contributed by atoms with E-state index in [0.29, 0.717) is 25.8 Å². The molecular weight excluding hydrogens is 386 g/mol. The minimum atomic E-state index is -0.818. The number of anilines is 1. The third-order valence-corrected chi connectivity index (χ3v) is 4.36. The fourth-order valence-corrected chi connectivity index (χ4v) is 2.69. The lowest BCUT2D eigenvalue weighted by Gasteiger charge is -2.20. The molecule has 0 bridgehead atoms. The Labute approximate surface area is 178 Å². The molecule has 0 heterocycles. The van der Waals surface area contributed by atoms with E-state index in [1.54, 1.807) is 0 Å². The Morgan fingerprint density at radius 1 is 1.03 bits per heavy atom. The zero-order valence-electron chi connectivity index (χ0n) is 18.1. The Kier molecular flexibility index (Phi) is 12.0. The Morgan fingerprint density at radius 3 is 2.33 bits per heavy atom. The number of rotatable bonds is 12. The number of alkyl carbamates (subject to hydrolysis) is 1. The Morgan fingerprint density at radius 2 is 1.73 bits per heavy atom. The maximum Gasteiger partial charge on any atom is 0.408 e. The van der Waals surface area contributed by atoms with Gasteiger partial charge in [-0.15, -0.1) is 0 Å². The van der Waals surface area contributed by atoms with Crippen molar-refractivity contribution in [1.82, 2.24) is 16.2 Å². The van der Waals surface area contributed by atoms with E-state index in [-0.39, 0.29) is 18.4 Å². The predicted octanol–water partition coefficient (Wildman–Crippen LogP) is 2.04. The molecule has 1 aromatic carbocycles. The molecule has 0 radical (unpaired) electrons. The van der Waals surface area contributed by atoms with Crippen LogP contribution in [0.1, 0.15) is 51.5 Å². The van der Waals surface area contributed by atoms with Crippen LogP contribution < -0.4 is 27.2 Å². The summed E-state index contributed by atoms with van der Waals surface area (Å²) in [5, 5.41) is 5.59. The molecule has 0 saturated carbocycles. The van der Waals surface area contributed by atoms with Gasteiger partial charge < -0.3 is 21.1 Å². The Hall–Kier alpha value is -2.81. The van der Waals surface area contributed by atoms with Crippen LogP contribution >= 0.6 is 0 Å². The highest BCUT2D eigenvalue weighted by atomic mass is 16.5. The van der Waals surface area contributed by atoms with Crippen molar-refractivity contribution in [2.24, 2.45) is 11.7 Å². The molecule has 0 fully saturated rings. The van der Waals surface area contributed by atoms with Crippen LogP contribution in [0.5, 0.6) is 0 Å². The lowest BCUT2D eigenvalue weighted by Crippen LogP contribution is -2.52. The third-order valence-electron chi connectivity index (χ3n) is 4.36. The van der Waals surface area contributed by atoms with Crippen LogP contribution in [0.2, 0.25) is 0 Å². The maximum absolute atomic E-state index is 12.4. The van der Waals surface area contributed by atoms with E-state index in [9.17, 15) is 14.4 Å². The van der Waals surface area contributed by atoms with Gasteiger partial charge in [0, 0.05) is 19.2 Å². The average Bonchev–Trinajstić information content (AvgIpc) is 2.73. The van der Waals surface area contributed by atoms with Crippen molar-refractivity contribution in [3.8, 4) is 0 Å². The smallest absolute Gasteiger partial charge is 0.408 e. The molecule has 1 aromatic rings. The summed E-state index contributed by atoms with van der Waals surface area (Å²) in [6.45, 7) is 4.56. The molecule has 3 amide bonds. The second kappa shape index (κ2) is 14.2. The van der Waals surface area contributed by atoms with Crippen LogP contribution in [0.15, 0.2) is 24.3 Å². The molecule has 0 aliphatic rings. The molecule has 30 heavy (non-hydrogen) atoms. The van der Waals surface area contributed by atoms with Crippen LogP contribution in [0, 0.1) is 5.92 Å². The van der Waals surface area contributed by atoms with Gasteiger partial charge in [-0.1, -0.05) is 32.4 Å². The first-order valence-corrected chi connectivity index (χ1v) is 10.3. The monoisotopic (exact) mass is 421 g/mol. The minimum absolute atomic E-state index is 0.0887. The van der Waals surface area contributed by atoms with E-state index in [0.717, 1.165) is 24.1 Å². The molecule has 0 aliphatic carbocycles. The summed E-state index contributed by atoms with van der Waals surface area (Å²) in [4.78, 5) is 36.4. The quantitative estimate of drug-likeness (QED) is 0.259. The van der Waals surface area contributed by atoms with Gasteiger partial charge in [0.2, 0.25) is 5.91 Å². The minimum Gasteiger partial charge on any atom is -0.445 e. The second-order valence-corrected chi connectivity index (χ2v) is 7.49. The first kappa shape index (κ1) is 25.2. The summed E-state index contributed by atoms with van der Waals surface area (Å²) >= 11 is 0. The lowest BCUT2D eigenvalue weighted by atomic mass is 10.0. The van der Waals surface area contributed by atoms with Crippen molar-refractivity contribution in [3.63, 3.8) is 0 Å². The van der Waals surface area contributed by atoms with Gasteiger partial charge in [-0.25, -0.2) is 4.79 Å². The normalized spacial score (nSPS) is 11.5. The highest BCUT2D eigenvalue weighted by Crippen LogP contribution is 2.10. The van der Waals surface area contributed by atoms with E-state index in [4.69, 9.17) is 10.5 Å². The summed E-state index contributed by atoms with van der Waals surface area (Å²) in [6, 6.07) is 6.64. The molecule has 1 atom stereocenters. The second-order valence-electron chi connectivity index (χ2n) is 7.49. The van der Waals surface area contributed by atoms with Gasteiger partial charge in [-0.2, -0.15) is 0 Å². The lowest BCUT2D eigenvalue weighted by molar-refractivity contribution is -0.130. The van der Waals surface area contributed by atoms with Crippen LogP contribution in [-0.2, 0) is 20.9 Å². The number of carbonyl (C=O) groups is 3. The number of amides is 3. The zero-order chi connectivity index (χ0) is 22.4. The number of nitrogens with one attached hydrogen (secondary N) is 4. The summed E-state index contributed by atoms with van der Waals surface area (Å²) in [7, 11) is 1.82. The fourth-order valence-electron chi connectivity index (χ4n) is 2.69. The molecule has 168 valence electrons. The first-order chi connectivity index (χ1) is 14.3. The van der Waals surface area contributed by atoms with Crippen molar-refractivity contribution >= 4 is 23.6 Å². The maximum atomic E-state index is 12.4. The molecular formula is C21H35N5O4. The van der Waals surface area contributed by atoms with Gasteiger partial charge in [-0.05, 0) is 49.4 Å². The summed E-state index contributed by atoms with van der Waals surface area (Å²) in [6.07, 6.45) is 2.44. The van der Waals surface area contributed by atoms with Gasteiger partial charge in [0.25, 0.3) is 5.91 Å². The predicted molar refractivity (Wildman–Crippen MR) is 116 cm³/mol. The zero-order valence-corrected chi connectivity index (χ0v) is 18.1. The van der Waals surface area contributed by atoms with Gasteiger partial charge in [0.15, 0.2) is 0 Å². The number of hydrazine groups is 1. The highest BCUT2D eigenvalue weighted by Gasteiger charge is 2.23. The molecule has 0 unspecified atom stereocenters. The summed E-state index contributed by atoms with van der Waals surface area (Å²) in [5.74, 6) is -0.618. The first-order valence-electron chi connectivity index (χ1n) is 10.3. The van der Waals surface area contributed by atoms with Gasteiger partial charge >= 0.3 is 6.09 Å². The summed E-state index contributed by atoms with van der Waals surface area (Å²) in [5.41, 5.74) is 12.0. The SMILES string of the molecule is CNc1ccc(COC(=O)N[C@H](CC(C)C)C(=O)NNC(=O)CCCCCN)cc1. The third kappa shape index (κ3) is 10.7. The van der Waals surface area contributed by atoms with Gasteiger partial charge in [0.1, 0.15) is 12.6 Å². The van der Waals surface area contributed by atoms with Crippen molar-refractivity contribution < 1.29 is 19.1 Å². The number of benzene rings is 1. The van der Waals surface area contributed by atoms with Gasteiger partial charge in [-0.3, -0.25) is 20.4 Å². The molecule has 0 aromatic heterocycles. The number of hydrogen-bond donors (Lipinski definition) is 5. The molecule has 6 N–H and O–H groups in total. The standard InChI is InChI=1S/C21H35N5O4/c1-15(2)13-18(20(28)26-25-19(27)7-5-4-6-12-22)24-21(29)30-14-16-8-10-17(23-3)11-9-16/h8-11,15,18,23H,4-7,12-14,22H2,1-3H3,(H,24,29)(H,25,27)(H,26,28)/t18-/m1/s1. The Balaban J connectivity index is 2.47. The Bertz CT molecular complexity index is 664. The topological polar surface area (TPSA) is 135 Å². The van der Waals surface area contributed by atoms with E-state index in [1.807, 2.05) is 45.2 Å². The summed E-state index contributed by atoms with van der Waals surface area (Å²) < 4.78 is 5.22. The number of ether oxygens (including phenoxy) is 1. The van der Waals surface area contributed by atoms with Crippen molar-refractivity contribution in [1.29, 1.82) is 0 Å². The number of hydrogen-bond acceptors (Lipinski definition) is 6. The fraction of sp³-hybridized carbons (Fsp3) is 0.571. The van der Waals surface area contributed by atoms with Crippen molar-refractivity contribution in [2.45, 2.75) is 58.6 Å². The van der Waals surface area contributed by atoms with E-state index < -0.39 is 18.0 Å². The number of nitrogens with two attached hydrogens (primary N) is 1. The molecule has 0 saturated heterocycles. The van der Waals surface area contributed by atoms with E-state index in [1.165, 1.54) is 0 Å². The molecule has 1 rings (SSSR count). The van der Waals surface area contributed by atoms with Crippen molar-refractivity contribution in [3.05, 3.63) is 29.8 Å². The van der Waals surface area contributed by atoms with Gasteiger partial charge in [0.05, 0.1) is 0 Å². The molecule has 9 heteroatoms. The van der Waals surface area contributed by atoms with E-state index in [2.05, 4.69) is 21.5 Å². The molecule has 0 aliphatic heterocycles.